The molecule has 1 heterocycles. The van der Waals surface area contributed by atoms with Crippen LogP contribution in [0.15, 0.2) is 70.7 Å². The Kier molecular flexibility index (Phi) is 5.58. The maximum Gasteiger partial charge on any atom is 0.335 e. The average Bonchev–Trinajstić information content (AvgIpc) is 3.15. The lowest BCUT2D eigenvalue weighted by atomic mass is 10.1. The fraction of sp³-hybridized carbons (Fsp3) is 0. The molecule has 0 aliphatic carbocycles. The molecule has 0 bridgehead atoms. The van der Waals surface area contributed by atoms with Gasteiger partial charge in [-0.05, 0) is 42.5 Å². The number of nitriles is 1. The SMILES string of the molecule is N#C/C(=C/c1ccc(-c2ccc(C(=O)O)cc2Cl)o1)C(=O)Nc1ccccc1. The lowest BCUT2D eigenvalue weighted by Crippen LogP contribution is -2.13. The minimum absolute atomic E-state index is 0.0600. The van der Waals surface area contributed by atoms with Gasteiger partial charge in [0.2, 0.25) is 0 Å². The normalized spacial score (nSPS) is 10.9. The van der Waals surface area contributed by atoms with Crippen LogP contribution in [0.1, 0.15) is 16.1 Å². The highest BCUT2D eigenvalue weighted by molar-refractivity contribution is 6.33. The van der Waals surface area contributed by atoms with Gasteiger partial charge in [-0.3, -0.25) is 4.79 Å². The number of para-hydroxylation sites is 1. The third-order valence-corrected chi connectivity index (χ3v) is 4.10. The Morgan fingerprint density at radius 2 is 1.86 bits per heavy atom. The van der Waals surface area contributed by atoms with Crippen molar-refractivity contribution in [3.8, 4) is 17.4 Å². The zero-order valence-electron chi connectivity index (χ0n) is 14.3. The number of nitrogens with zero attached hydrogens (tertiary/aromatic N) is 1. The van der Waals surface area contributed by atoms with E-state index in [-0.39, 0.29) is 21.9 Å². The molecule has 0 radical (unpaired) electrons. The van der Waals surface area contributed by atoms with E-state index in [9.17, 15) is 14.9 Å². The van der Waals surface area contributed by atoms with E-state index in [1.165, 1.54) is 24.3 Å². The van der Waals surface area contributed by atoms with Gasteiger partial charge < -0.3 is 14.8 Å². The number of hydrogen-bond acceptors (Lipinski definition) is 4. The van der Waals surface area contributed by atoms with E-state index >= 15 is 0 Å². The molecule has 3 rings (SSSR count). The van der Waals surface area contributed by atoms with Gasteiger partial charge in [-0.1, -0.05) is 29.8 Å². The number of carboxylic acid groups (broad SMARTS) is 1. The van der Waals surface area contributed by atoms with Crippen LogP contribution < -0.4 is 5.32 Å². The molecule has 0 atom stereocenters. The maximum absolute atomic E-state index is 12.3. The molecule has 3 aromatic rings. The summed E-state index contributed by atoms with van der Waals surface area (Å²) in [5, 5.41) is 21.1. The Morgan fingerprint density at radius 1 is 1.11 bits per heavy atom. The van der Waals surface area contributed by atoms with E-state index in [0.717, 1.165) is 0 Å². The van der Waals surface area contributed by atoms with Gasteiger partial charge in [0.15, 0.2) is 0 Å². The number of amides is 1. The number of rotatable bonds is 5. The van der Waals surface area contributed by atoms with Crippen LogP contribution in [-0.2, 0) is 4.79 Å². The van der Waals surface area contributed by atoms with Gasteiger partial charge in [0.1, 0.15) is 23.2 Å². The van der Waals surface area contributed by atoms with Crippen molar-refractivity contribution >= 4 is 35.2 Å². The largest absolute Gasteiger partial charge is 0.478 e. The van der Waals surface area contributed by atoms with Gasteiger partial charge in [0.05, 0.1) is 10.6 Å². The number of aromatic carboxylic acids is 1. The van der Waals surface area contributed by atoms with Crippen LogP contribution in [-0.4, -0.2) is 17.0 Å². The summed E-state index contributed by atoms with van der Waals surface area (Å²) in [5.74, 6) is -0.975. The molecule has 0 spiro atoms. The fourth-order valence-electron chi connectivity index (χ4n) is 2.43. The van der Waals surface area contributed by atoms with E-state index in [0.29, 0.717) is 17.0 Å². The summed E-state index contributed by atoms with van der Waals surface area (Å²) in [5.41, 5.74) is 1.000. The van der Waals surface area contributed by atoms with E-state index in [2.05, 4.69) is 5.32 Å². The highest BCUT2D eigenvalue weighted by Crippen LogP contribution is 2.31. The van der Waals surface area contributed by atoms with Crippen LogP contribution in [0.2, 0.25) is 5.02 Å². The second-order valence-electron chi connectivity index (χ2n) is 5.69. The second-order valence-corrected chi connectivity index (χ2v) is 6.10. The smallest absolute Gasteiger partial charge is 0.335 e. The number of halogens is 1. The first-order valence-electron chi connectivity index (χ1n) is 8.09. The lowest BCUT2D eigenvalue weighted by molar-refractivity contribution is -0.112. The van der Waals surface area contributed by atoms with Crippen LogP contribution in [0.3, 0.4) is 0 Å². The molecule has 138 valence electrons. The van der Waals surface area contributed by atoms with E-state index in [1.807, 2.05) is 12.1 Å². The predicted molar refractivity (Wildman–Crippen MR) is 105 cm³/mol. The Balaban J connectivity index is 1.83. The van der Waals surface area contributed by atoms with Gasteiger partial charge in [0.25, 0.3) is 5.91 Å². The Morgan fingerprint density at radius 3 is 2.50 bits per heavy atom. The minimum Gasteiger partial charge on any atom is -0.478 e. The van der Waals surface area contributed by atoms with E-state index in [1.54, 1.807) is 36.4 Å². The first kappa shape index (κ1) is 19.0. The molecule has 0 saturated carbocycles. The molecule has 2 N–H and O–H groups in total. The van der Waals surface area contributed by atoms with Crippen molar-refractivity contribution in [2.45, 2.75) is 0 Å². The standard InChI is InChI=1S/C21H13ClN2O4/c22-18-11-13(21(26)27)6-8-17(18)19-9-7-16(28-19)10-14(12-23)20(25)24-15-4-2-1-3-5-15/h1-11H,(H,24,25)(H,26,27)/b14-10-. The second kappa shape index (κ2) is 8.25. The summed E-state index contributed by atoms with van der Waals surface area (Å²) in [6, 6.07) is 18.1. The number of hydrogen-bond donors (Lipinski definition) is 2. The number of benzene rings is 2. The molecule has 6 nitrogen and oxygen atoms in total. The number of nitrogens with one attached hydrogen (secondary N) is 1. The van der Waals surface area contributed by atoms with Crippen molar-refractivity contribution in [1.82, 2.24) is 0 Å². The third kappa shape index (κ3) is 4.29. The Bertz CT molecular complexity index is 1110. The van der Waals surface area contributed by atoms with Crippen LogP contribution >= 0.6 is 11.6 Å². The van der Waals surface area contributed by atoms with Crippen molar-refractivity contribution in [2.24, 2.45) is 0 Å². The molecule has 7 heteroatoms. The van der Waals surface area contributed by atoms with Crippen molar-refractivity contribution in [3.63, 3.8) is 0 Å². The molecule has 0 fully saturated rings. The van der Waals surface area contributed by atoms with Gasteiger partial charge in [-0.15, -0.1) is 0 Å². The van der Waals surface area contributed by atoms with Gasteiger partial charge in [0, 0.05) is 17.3 Å². The Labute approximate surface area is 165 Å². The van der Waals surface area contributed by atoms with Gasteiger partial charge in [-0.2, -0.15) is 5.26 Å². The monoisotopic (exact) mass is 392 g/mol. The topological polar surface area (TPSA) is 103 Å². The van der Waals surface area contributed by atoms with Gasteiger partial charge in [-0.25, -0.2) is 4.79 Å². The average molecular weight is 393 g/mol. The van der Waals surface area contributed by atoms with Gasteiger partial charge >= 0.3 is 5.97 Å². The summed E-state index contributed by atoms with van der Waals surface area (Å²) in [6.07, 6.45) is 1.32. The number of carbonyl (C=O) groups is 2. The summed E-state index contributed by atoms with van der Waals surface area (Å²) in [4.78, 5) is 23.3. The number of anilines is 1. The summed E-state index contributed by atoms with van der Waals surface area (Å²) in [7, 11) is 0. The molecule has 28 heavy (non-hydrogen) atoms. The van der Waals surface area contributed by atoms with E-state index in [4.69, 9.17) is 21.1 Å². The third-order valence-electron chi connectivity index (χ3n) is 3.79. The quantitative estimate of drug-likeness (QED) is 0.477. The first-order valence-corrected chi connectivity index (χ1v) is 8.47. The molecule has 0 aliphatic rings. The highest BCUT2D eigenvalue weighted by atomic mass is 35.5. The molecular weight excluding hydrogens is 380 g/mol. The fourth-order valence-corrected chi connectivity index (χ4v) is 2.71. The lowest BCUT2D eigenvalue weighted by Gasteiger charge is -2.03. The molecule has 2 aromatic carbocycles. The molecule has 1 amide bonds. The van der Waals surface area contributed by atoms with Crippen LogP contribution in [0, 0.1) is 11.3 Å². The zero-order valence-corrected chi connectivity index (χ0v) is 15.1. The van der Waals surface area contributed by atoms with E-state index < -0.39 is 11.9 Å². The van der Waals surface area contributed by atoms with Crippen molar-refractivity contribution in [3.05, 3.63) is 82.6 Å². The molecule has 0 unspecified atom stereocenters. The van der Waals surface area contributed by atoms with Crippen molar-refractivity contribution < 1.29 is 19.1 Å². The molecule has 0 aliphatic heterocycles. The molecule has 1 aromatic heterocycles. The zero-order chi connectivity index (χ0) is 20.1. The van der Waals surface area contributed by atoms with Crippen LogP contribution in [0.5, 0.6) is 0 Å². The van der Waals surface area contributed by atoms with Crippen molar-refractivity contribution in [1.29, 1.82) is 5.26 Å². The number of carboxylic acids is 1. The Hall–Kier alpha value is -3.82. The molecular formula is C21H13ClN2O4. The number of furan rings is 1. The number of carbonyl (C=O) groups excluding carboxylic acids is 1. The van der Waals surface area contributed by atoms with Crippen LogP contribution in [0.4, 0.5) is 5.69 Å². The summed E-state index contributed by atoms with van der Waals surface area (Å²) >= 11 is 6.14. The first-order chi connectivity index (χ1) is 13.5. The van der Waals surface area contributed by atoms with Crippen LogP contribution in [0.25, 0.3) is 17.4 Å². The molecule has 0 saturated heterocycles. The van der Waals surface area contributed by atoms with Crippen molar-refractivity contribution in [2.75, 3.05) is 5.32 Å². The summed E-state index contributed by atoms with van der Waals surface area (Å²) in [6.45, 7) is 0. The summed E-state index contributed by atoms with van der Waals surface area (Å²) < 4.78 is 5.64. The highest BCUT2D eigenvalue weighted by Gasteiger charge is 2.14. The maximum atomic E-state index is 12.3. The minimum atomic E-state index is -1.08. The predicted octanol–water partition coefficient (Wildman–Crippen LogP) is 4.84.